The van der Waals surface area contributed by atoms with E-state index in [0.717, 1.165) is 12.1 Å². The van der Waals surface area contributed by atoms with Crippen LogP contribution in [0.1, 0.15) is 36.3 Å². The van der Waals surface area contributed by atoms with Gasteiger partial charge in [0.1, 0.15) is 12.3 Å². The van der Waals surface area contributed by atoms with Crippen LogP contribution in [0.5, 0.6) is 5.75 Å². The molecule has 0 aliphatic heterocycles. The Labute approximate surface area is 179 Å². The molecule has 0 radical (unpaired) electrons. The van der Waals surface area contributed by atoms with Gasteiger partial charge in [-0.1, -0.05) is 6.92 Å². The van der Waals surface area contributed by atoms with Crippen LogP contribution in [0, 0.1) is 0 Å². The molecule has 1 atom stereocenters. The first-order valence-electron chi connectivity index (χ1n) is 10.2. The molecule has 30 heavy (non-hydrogen) atoms. The number of rotatable bonds is 11. The molecule has 0 saturated heterocycles. The third-order valence-electron chi connectivity index (χ3n) is 5.35. The molecule has 2 amide bonds. The second kappa shape index (κ2) is 11.4. The van der Waals surface area contributed by atoms with Crippen LogP contribution < -0.4 is 4.74 Å². The zero-order chi connectivity index (χ0) is 22.1. The maximum atomic E-state index is 13.2. The number of aromatic nitrogens is 1. The number of benzene rings is 1. The van der Waals surface area contributed by atoms with Crippen molar-refractivity contribution >= 4 is 11.8 Å². The fourth-order valence-electron chi connectivity index (χ4n) is 3.14. The normalized spacial score (nSPS) is 11.8. The van der Waals surface area contributed by atoms with E-state index in [2.05, 4.69) is 0 Å². The average Bonchev–Trinajstić information content (AvgIpc) is 3.18. The summed E-state index contributed by atoms with van der Waals surface area (Å²) in [5.41, 5.74) is 1.56. The van der Waals surface area contributed by atoms with Crippen molar-refractivity contribution in [2.75, 3.05) is 33.9 Å². The minimum atomic E-state index is -0.161. The predicted molar refractivity (Wildman–Crippen MR) is 116 cm³/mol. The second-order valence-corrected chi connectivity index (χ2v) is 7.34. The molecule has 7 nitrogen and oxygen atoms in total. The molecule has 0 saturated carbocycles. The van der Waals surface area contributed by atoms with Crippen molar-refractivity contribution in [3.05, 3.63) is 53.9 Å². The van der Waals surface area contributed by atoms with Crippen LogP contribution in [-0.4, -0.2) is 66.1 Å². The third-order valence-corrected chi connectivity index (χ3v) is 5.35. The summed E-state index contributed by atoms with van der Waals surface area (Å²) in [6.07, 6.45) is 2.71. The van der Waals surface area contributed by atoms with Crippen molar-refractivity contribution < 1.29 is 19.1 Å². The molecule has 2 aromatic rings. The summed E-state index contributed by atoms with van der Waals surface area (Å²) in [5, 5.41) is 0. The topological polar surface area (TPSA) is 64.0 Å². The van der Waals surface area contributed by atoms with Gasteiger partial charge < -0.3 is 23.8 Å². The standard InChI is InChI=1S/C23H33N3O4/c1-6-18(2)26(23(28)19-9-11-21(30-5)12-10-19)17-22(27)25(14-15-29-4)16-20-8-7-13-24(20)3/h7-13,18H,6,14-17H2,1-5H3/t18-/m1/s1. The number of aryl methyl sites for hydroxylation is 1. The Balaban J connectivity index is 2.19. The molecular weight excluding hydrogens is 382 g/mol. The van der Waals surface area contributed by atoms with E-state index in [1.54, 1.807) is 48.3 Å². The highest BCUT2D eigenvalue weighted by Crippen LogP contribution is 2.16. The van der Waals surface area contributed by atoms with E-state index in [-0.39, 0.29) is 24.4 Å². The van der Waals surface area contributed by atoms with Gasteiger partial charge >= 0.3 is 0 Å². The molecule has 0 unspecified atom stereocenters. The number of hydrogen-bond donors (Lipinski definition) is 0. The molecule has 164 valence electrons. The van der Waals surface area contributed by atoms with E-state index in [4.69, 9.17) is 9.47 Å². The van der Waals surface area contributed by atoms with Crippen LogP contribution in [-0.2, 0) is 23.1 Å². The fraction of sp³-hybridized carbons (Fsp3) is 0.478. The maximum absolute atomic E-state index is 13.2. The molecule has 0 aliphatic carbocycles. The van der Waals surface area contributed by atoms with E-state index >= 15 is 0 Å². The number of ether oxygens (including phenoxy) is 2. The minimum Gasteiger partial charge on any atom is -0.497 e. The summed E-state index contributed by atoms with van der Waals surface area (Å²) in [4.78, 5) is 29.8. The Morgan fingerprint density at radius 1 is 1.13 bits per heavy atom. The van der Waals surface area contributed by atoms with Crippen LogP contribution in [0.4, 0.5) is 0 Å². The Bertz CT molecular complexity index is 816. The minimum absolute atomic E-state index is 0.0218. The smallest absolute Gasteiger partial charge is 0.254 e. The Morgan fingerprint density at radius 2 is 1.83 bits per heavy atom. The van der Waals surface area contributed by atoms with Crippen molar-refractivity contribution in [3.8, 4) is 5.75 Å². The van der Waals surface area contributed by atoms with E-state index in [1.807, 2.05) is 43.8 Å². The van der Waals surface area contributed by atoms with E-state index < -0.39 is 0 Å². The Morgan fingerprint density at radius 3 is 2.37 bits per heavy atom. The Kier molecular flexibility index (Phi) is 8.92. The van der Waals surface area contributed by atoms with Gasteiger partial charge in [0.2, 0.25) is 5.91 Å². The van der Waals surface area contributed by atoms with Gasteiger partial charge in [-0.2, -0.15) is 0 Å². The maximum Gasteiger partial charge on any atom is 0.254 e. The quantitative estimate of drug-likeness (QED) is 0.566. The Hall–Kier alpha value is -2.80. The summed E-state index contributed by atoms with van der Waals surface area (Å²) < 4.78 is 12.4. The van der Waals surface area contributed by atoms with Gasteiger partial charge in [-0.3, -0.25) is 9.59 Å². The predicted octanol–water partition coefficient (Wildman–Crippen LogP) is 2.95. The van der Waals surface area contributed by atoms with Crippen LogP contribution >= 0.6 is 0 Å². The van der Waals surface area contributed by atoms with Crippen molar-refractivity contribution in [2.45, 2.75) is 32.9 Å². The van der Waals surface area contributed by atoms with Crippen LogP contribution in [0.15, 0.2) is 42.6 Å². The van der Waals surface area contributed by atoms with Crippen LogP contribution in [0.3, 0.4) is 0 Å². The number of nitrogens with zero attached hydrogens (tertiary/aromatic N) is 3. The lowest BCUT2D eigenvalue weighted by Gasteiger charge is -2.31. The van der Waals surface area contributed by atoms with Gasteiger partial charge in [-0.05, 0) is 49.7 Å². The van der Waals surface area contributed by atoms with Crippen molar-refractivity contribution in [3.63, 3.8) is 0 Å². The molecule has 0 aliphatic rings. The number of carbonyl (C=O) groups excluding carboxylic acids is 2. The van der Waals surface area contributed by atoms with E-state index in [1.165, 1.54) is 0 Å². The van der Waals surface area contributed by atoms with Crippen LogP contribution in [0.2, 0.25) is 0 Å². The number of hydrogen-bond acceptors (Lipinski definition) is 4. The van der Waals surface area contributed by atoms with E-state index in [0.29, 0.717) is 31.0 Å². The molecular formula is C23H33N3O4. The van der Waals surface area contributed by atoms with Gasteiger partial charge in [-0.15, -0.1) is 0 Å². The summed E-state index contributed by atoms with van der Waals surface area (Å²) in [6.45, 7) is 5.36. The molecule has 0 N–H and O–H groups in total. The van der Waals surface area contributed by atoms with Crippen molar-refractivity contribution in [1.29, 1.82) is 0 Å². The van der Waals surface area contributed by atoms with Gasteiger partial charge in [0.25, 0.3) is 5.91 Å². The first kappa shape index (κ1) is 23.5. The van der Waals surface area contributed by atoms with Gasteiger partial charge in [0.05, 0.1) is 20.3 Å². The highest BCUT2D eigenvalue weighted by atomic mass is 16.5. The van der Waals surface area contributed by atoms with Crippen molar-refractivity contribution in [2.24, 2.45) is 7.05 Å². The molecule has 0 fully saturated rings. The lowest BCUT2D eigenvalue weighted by atomic mass is 10.1. The number of carbonyl (C=O) groups is 2. The summed E-state index contributed by atoms with van der Waals surface area (Å²) in [5.74, 6) is 0.423. The van der Waals surface area contributed by atoms with Gasteiger partial charge in [0.15, 0.2) is 0 Å². The lowest BCUT2D eigenvalue weighted by Crippen LogP contribution is -2.47. The molecule has 2 rings (SSSR count). The summed E-state index contributed by atoms with van der Waals surface area (Å²) >= 11 is 0. The zero-order valence-electron chi connectivity index (χ0n) is 18.6. The monoisotopic (exact) mass is 415 g/mol. The number of amides is 2. The van der Waals surface area contributed by atoms with E-state index in [9.17, 15) is 9.59 Å². The molecule has 1 aromatic carbocycles. The SMILES string of the molecule is CC[C@@H](C)N(CC(=O)N(CCOC)Cc1cccn1C)C(=O)c1ccc(OC)cc1. The fourth-order valence-corrected chi connectivity index (χ4v) is 3.14. The molecule has 7 heteroatoms. The molecule has 1 aromatic heterocycles. The average molecular weight is 416 g/mol. The van der Waals surface area contributed by atoms with Gasteiger partial charge in [0, 0.05) is 44.2 Å². The molecule has 1 heterocycles. The second-order valence-electron chi connectivity index (χ2n) is 7.34. The van der Waals surface area contributed by atoms with Crippen LogP contribution in [0.25, 0.3) is 0 Å². The zero-order valence-corrected chi connectivity index (χ0v) is 18.6. The van der Waals surface area contributed by atoms with Crippen molar-refractivity contribution in [1.82, 2.24) is 14.4 Å². The highest BCUT2D eigenvalue weighted by molar-refractivity contribution is 5.96. The number of methoxy groups -OCH3 is 2. The molecule has 0 bridgehead atoms. The summed E-state index contributed by atoms with van der Waals surface area (Å²) in [6, 6.07) is 10.8. The van der Waals surface area contributed by atoms with Gasteiger partial charge in [-0.25, -0.2) is 0 Å². The third kappa shape index (κ3) is 6.10. The highest BCUT2D eigenvalue weighted by Gasteiger charge is 2.26. The summed E-state index contributed by atoms with van der Waals surface area (Å²) in [7, 11) is 5.15. The first-order chi connectivity index (χ1) is 14.4. The lowest BCUT2D eigenvalue weighted by molar-refractivity contribution is -0.133. The first-order valence-corrected chi connectivity index (χ1v) is 10.2. The largest absolute Gasteiger partial charge is 0.497 e. The molecule has 0 spiro atoms.